The quantitative estimate of drug-likeness (QED) is 0.822. The lowest BCUT2D eigenvalue weighted by molar-refractivity contribution is 0.104. The van der Waals surface area contributed by atoms with Gasteiger partial charge in [0, 0.05) is 15.6 Å². The zero-order valence-electron chi connectivity index (χ0n) is 11.2. The zero-order valence-corrected chi connectivity index (χ0v) is 12.8. The number of rotatable bonds is 2. The third-order valence-electron chi connectivity index (χ3n) is 3.32. The molecule has 0 saturated carbocycles. The highest BCUT2D eigenvalue weighted by Crippen LogP contribution is 2.33. The van der Waals surface area contributed by atoms with Crippen molar-refractivity contribution in [3.63, 3.8) is 0 Å². The molecule has 2 aromatic carbocycles. The summed E-state index contributed by atoms with van der Waals surface area (Å²) in [6.45, 7) is 0. The normalized spacial score (nSPS) is 14.0. The van der Waals surface area contributed by atoms with Gasteiger partial charge in [0.1, 0.15) is 17.4 Å². The van der Waals surface area contributed by atoms with Crippen LogP contribution in [0.3, 0.4) is 0 Å². The van der Waals surface area contributed by atoms with Crippen LogP contribution in [0, 0.1) is 11.3 Å². The van der Waals surface area contributed by atoms with Crippen LogP contribution in [0.15, 0.2) is 63.6 Å². The molecule has 1 aliphatic rings. The second-order valence-electron chi connectivity index (χ2n) is 4.62. The first-order valence-corrected chi connectivity index (χ1v) is 7.24. The van der Waals surface area contributed by atoms with E-state index in [9.17, 15) is 15.2 Å². The summed E-state index contributed by atoms with van der Waals surface area (Å²) in [5.41, 5.74) is 1.16. The fourth-order valence-electron chi connectivity index (χ4n) is 2.28. The molecule has 0 unspecified atom stereocenters. The van der Waals surface area contributed by atoms with E-state index in [1.165, 1.54) is 0 Å². The van der Waals surface area contributed by atoms with E-state index < -0.39 is 0 Å². The Morgan fingerprint density at radius 2 is 1.73 bits per heavy atom. The lowest BCUT2D eigenvalue weighted by atomic mass is 10.1. The van der Waals surface area contributed by atoms with E-state index in [2.05, 4.69) is 20.9 Å². The Balaban J connectivity index is 2.15. The van der Waals surface area contributed by atoms with Gasteiger partial charge in [-0.25, -0.2) is 4.99 Å². The van der Waals surface area contributed by atoms with Crippen LogP contribution in [0.1, 0.15) is 15.9 Å². The fourth-order valence-corrected chi connectivity index (χ4v) is 2.66. The molecule has 0 bridgehead atoms. The van der Waals surface area contributed by atoms with Crippen LogP contribution in [0.25, 0.3) is 5.76 Å². The molecule has 1 N–H and O–H groups in total. The molecular weight excluding hydrogens is 344 g/mol. The van der Waals surface area contributed by atoms with Crippen LogP contribution in [0.2, 0.25) is 0 Å². The molecule has 0 radical (unpaired) electrons. The highest BCUT2D eigenvalue weighted by Gasteiger charge is 2.32. The largest absolute Gasteiger partial charge is 0.506 e. The Morgan fingerprint density at radius 3 is 2.36 bits per heavy atom. The lowest BCUT2D eigenvalue weighted by Crippen LogP contribution is -2.08. The van der Waals surface area contributed by atoms with Crippen molar-refractivity contribution in [3.05, 3.63) is 69.7 Å². The van der Waals surface area contributed by atoms with E-state index in [4.69, 9.17) is 0 Å². The number of halogens is 1. The molecule has 3 rings (SSSR count). The first kappa shape index (κ1) is 14.2. The van der Waals surface area contributed by atoms with E-state index >= 15 is 0 Å². The van der Waals surface area contributed by atoms with Gasteiger partial charge in [-0.15, -0.1) is 0 Å². The number of nitriles is 1. The first-order chi connectivity index (χ1) is 10.6. The number of fused-ring (bicyclic) bond motifs is 1. The summed E-state index contributed by atoms with van der Waals surface area (Å²) in [5.74, 6) is -0.589. The first-order valence-electron chi connectivity index (χ1n) is 6.44. The van der Waals surface area contributed by atoms with E-state index in [0.717, 1.165) is 0 Å². The molecule has 0 aliphatic heterocycles. The van der Waals surface area contributed by atoms with Crippen molar-refractivity contribution in [2.45, 2.75) is 0 Å². The number of aliphatic imine (C=N–C) groups is 1. The summed E-state index contributed by atoms with van der Waals surface area (Å²) in [6.07, 6.45) is 0. The Morgan fingerprint density at radius 1 is 1.09 bits per heavy atom. The van der Waals surface area contributed by atoms with Crippen molar-refractivity contribution in [2.24, 2.45) is 4.99 Å². The van der Waals surface area contributed by atoms with Gasteiger partial charge in [-0.1, -0.05) is 36.4 Å². The maximum Gasteiger partial charge on any atom is 0.200 e. The molecule has 5 heteroatoms. The molecule has 1 aliphatic carbocycles. The minimum absolute atomic E-state index is 0.0561. The molecule has 0 heterocycles. The molecule has 0 atom stereocenters. The van der Waals surface area contributed by atoms with Crippen molar-refractivity contribution >= 4 is 38.9 Å². The van der Waals surface area contributed by atoms with Crippen LogP contribution in [0.5, 0.6) is 0 Å². The molecule has 22 heavy (non-hydrogen) atoms. The molecule has 0 amide bonds. The topological polar surface area (TPSA) is 73.4 Å². The van der Waals surface area contributed by atoms with Crippen LogP contribution in [-0.4, -0.2) is 16.6 Å². The van der Waals surface area contributed by atoms with Gasteiger partial charge in [-0.2, -0.15) is 5.26 Å². The van der Waals surface area contributed by atoms with Gasteiger partial charge >= 0.3 is 0 Å². The summed E-state index contributed by atoms with van der Waals surface area (Å²) in [6, 6.07) is 15.7. The number of Topliss-reactive ketones (excluding diaryl/α,β-unsaturated/α-hetero) is 1. The average Bonchev–Trinajstić information content (AvgIpc) is 2.79. The molecule has 106 valence electrons. The van der Waals surface area contributed by atoms with Gasteiger partial charge < -0.3 is 5.11 Å². The maximum atomic E-state index is 12.4. The number of hydrogen-bond acceptors (Lipinski definition) is 4. The number of benzene rings is 2. The third kappa shape index (κ3) is 2.24. The summed E-state index contributed by atoms with van der Waals surface area (Å²) in [5, 5.41) is 19.6. The number of nitrogens with zero attached hydrogens (tertiary/aromatic N) is 2. The Hall–Kier alpha value is -2.71. The van der Waals surface area contributed by atoms with Crippen molar-refractivity contribution in [1.29, 1.82) is 5.26 Å². The monoisotopic (exact) mass is 352 g/mol. The van der Waals surface area contributed by atoms with Crippen LogP contribution in [0.4, 0.5) is 5.69 Å². The van der Waals surface area contributed by atoms with Gasteiger partial charge in [0.25, 0.3) is 0 Å². The predicted octanol–water partition coefficient (Wildman–Crippen LogP) is 4.21. The predicted molar refractivity (Wildman–Crippen MR) is 87.2 cm³/mol. The molecule has 0 saturated heterocycles. The van der Waals surface area contributed by atoms with Crippen molar-refractivity contribution in [1.82, 2.24) is 0 Å². The van der Waals surface area contributed by atoms with Crippen molar-refractivity contribution in [2.75, 3.05) is 0 Å². The number of allylic oxidation sites excluding steroid dienone is 1. The summed E-state index contributed by atoms with van der Waals surface area (Å²) < 4.78 is 0.700. The maximum absolute atomic E-state index is 12.4. The number of hydrogen-bond donors (Lipinski definition) is 1. The van der Waals surface area contributed by atoms with Crippen molar-refractivity contribution < 1.29 is 9.90 Å². The molecule has 4 nitrogen and oxygen atoms in total. The number of para-hydroxylation sites is 1. The van der Waals surface area contributed by atoms with Crippen LogP contribution >= 0.6 is 15.9 Å². The highest BCUT2D eigenvalue weighted by atomic mass is 79.9. The zero-order chi connectivity index (χ0) is 15.7. The van der Waals surface area contributed by atoms with Gasteiger partial charge in [-0.05, 0) is 28.1 Å². The van der Waals surface area contributed by atoms with Crippen molar-refractivity contribution in [3.8, 4) is 6.07 Å². The third-order valence-corrected chi connectivity index (χ3v) is 3.99. The average molecular weight is 353 g/mol. The van der Waals surface area contributed by atoms with E-state index in [-0.39, 0.29) is 22.8 Å². The van der Waals surface area contributed by atoms with Gasteiger partial charge in [-0.3, -0.25) is 4.79 Å². The molecular formula is C17H9BrN2O2. The summed E-state index contributed by atoms with van der Waals surface area (Å²) >= 11 is 3.34. The molecule has 0 spiro atoms. The smallest absolute Gasteiger partial charge is 0.200 e. The van der Waals surface area contributed by atoms with E-state index in [1.807, 2.05) is 12.1 Å². The SMILES string of the molecule is N#CC(=Nc1ccccc1Br)C1=C(O)c2ccccc2C1=O. The molecule has 0 aromatic heterocycles. The summed E-state index contributed by atoms with van der Waals surface area (Å²) in [4.78, 5) is 16.6. The second-order valence-corrected chi connectivity index (χ2v) is 5.48. The Labute approximate surface area is 135 Å². The molecule has 2 aromatic rings. The number of carbonyl (C=O) groups is 1. The highest BCUT2D eigenvalue weighted by molar-refractivity contribution is 9.10. The van der Waals surface area contributed by atoms with E-state index in [1.54, 1.807) is 42.5 Å². The number of aliphatic hydroxyl groups excluding tert-OH is 1. The van der Waals surface area contributed by atoms with Gasteiger partial charge in [0.2, 0.25) is 0 Å². The lowest BCUT2D eigenvalue weighted by Gasteiger charge is -2.01. The fraction of sp³-hybridized carbons (Fsp3) is 0. The standard InChI is InChI=1S/C17H9BrN2O2/c18-12-7-3-4-8-13(12)20-14(9-19)15-16(21)10-5-1-2-6-11(10)17(15)22/h1-8,21H. The Bertz CT molecular complexity index is 892. The summed E-state index contributed by atoms with van der Waals surface area (Å²) in [7, 11) is 0. The van der Waals surface area contributed by atoms with Gasteiger partial charge in [0.15, 0.2) is 11.5 Å². The number of carbonyl (C=O) groups excluding carboxylic acids is 1. The Kier molecular flexibility index (Phi) is 3.61. The van der Waals surface area contributed by atoms with Crippen LogP contribution < -0.4 is 0 Å². The minimum Gasteiger partial charge on any atom is -0.506 e. The number of aliphatic hydroxyl groups is 1. The van der Waals surface area contributed by atoms with E-state index in [0.29, 0.717) is 21.3 Å². The number of ketones is 1. The second kappa shape index (κ2) is 5.58. The molecule has 0 fully saturated rings. The van der Waals surface area contributed by atoms with Gasteiger partial charge in [0.05, 0.1) is 5.69 Å². The van der Waals surface area contributed by atoms with Crippen LogP contribution in [-0.2, 0) is 0 Å². The minimum atomic E-state index is -0.388.